The number of ether oxygens (including phenoxy) is 1. The van der Waals surface area contributed by atoms with Gasteiger partial charge in [-0.25, -0.2) is 9.59 Å². The lowest BCUT2D eigenvalue weighted by Crippen LogP contribution is -2.51. The summed E-state index contributed by atoms with van der Waals surface area (Å²) in [6, 6.07) is 6.89. The molecule has 2 amide bonds. The highest BCUT2D eigenvalue weighted by Gasteiger charge is 2.23. The van der Waals surface area contributed by atoms with Crippen LogP contribution >= 0.6 is 11.6 Å². The Bertz CT molecular complexity index is 523. The van der Waals surface area contributed by atoms with E-state index >= 15 is 0 Å². The van der Waals surface area contributed by atoms with Crippen LogP contribution in [0.25, 0.3) is 0 Å². The SMILES string of the molecule is C[C@H](NC(=O)OCc1ccccc1)C(=O)N[C@H](CCl)C(=O)O. The molecule has 1 rings (SSSR count). The second-order valence-corrected chi connectivity index (χ2v) is 4.79. The van der Waals surface area contributed by atoms with E-state index < -0.39 is 30.1 Å². The largest absolute Gasteiger partial charge is 0.480 e. The first-order valence-corrected chi connectivity index (χ1v) is 7.04. The predicted molar refractivity (Wildman–Crippen MR) is 79.5 cm³/mol. The molecule has 0 spiro atoms. The summed E-state index contributed by atoms with van der Waals surface area (Å²) in [6.45, 7) is 1.48. The van der Waals surface area contributed by atoms with Crippen molar-refractivity contribution in [1.82, 2.24) is 10.6 Å². The lowest BCUT2D eigenvalue weighted by Gasteiger charge is -2.17. The number of hydrogen-bond acceptors (Lipinski definition) is 4. The van der Waals surface area contributed by atoms with Gasteiger partial charge in [0, 0.05) is 0 Å². The lowest BCUT2D eigenvalue weighted by atomic mass is 10.2. The third-order valence-electron chi connectivity index (χ3n) is 2.71. The van der Waals surface area contributed by atoms with Crippen LogP contribution in [-0.2, 0) is 20.9 Å². The molecule has 0 heterocycles. The van der Waals surface area contributed by atoms with Gasteiger partial charge in [-0.2, -0.15) is 0 Å². The molecule has 0 fully saturated rings. The van der Waals surface area contributed by atoms with Crippen LogP contribution in [0.5, 0.6) is 0 Å². The Hall–Kier alpha value is -2.28. The lowest BCUT2D eigenvalue weighted by molar-refractivity contribution is -0.141. The van der Waals surface area contributed by atoms with Gasteiger partial charge < -0.3 is 20.5 Å². The molecule has 0 aliphatic carbocycles. The van der Waals surface area contributed by atoms with Gasteiger partial charge in [0.05, 0.1) is 5.88 Å². The second-order valence-electron chi connectivity index (χ2n) is 4.48. The fourth-order valence-corrected chi connectivity index (χ4v) is 1.68. The highest BCUT2D eigenvalue weighted by atomic mass is 35.5. The fourth-order valence-electron chi connectivity index (χ4n) is 1.47. The van der Waals surface area contributed by atoms with Gasteiger partial charge in [-0.15, -0.1) is 11.6 Å². The van der Waals surface area contributed by atoms with Gasteiger partial charge in [-0.3, -0.25) is 4.79 Å². The van der Waals surface area contributed by atoms with Gasteiger partial charge in [0.15, 0.2) is 0 Å². The fraction of sp³-hybridized carbons (Fsp3) is 0.357. The predicted octanol–water partition coefficient (Wildman–Crippen LogP) is 1.11. The molecule has 0 radical (unpaired) electrons. The Balaban J connectivity index is 2.39. The topological polar surface area (TPSA) is 105 Å². The molecular weight excluding hydrogens is 312 g/mol. The minimum atomic E-state index is -1.25. The maximum Gasteiger partial charge on any atom is 0.408 e. The Morgan fingerprint density at radius 2 is 1.86 bits per heavy atom. The van der Waals surface area contributed by atoms with E-state index in [0.29, 0.717) is 0 Å². The van der Waals surface area contributed by atoms with E-state index in [9.17, 15) is 14.4 Å². The van der Waals surface area contributed by atoms with Crippen molar-refractivity contribution in [2.24, 2.45) is 0 Å². The summed E-state index contributed by atoms with van der Waals surface area (Å²) in [6.07, 6.45) is -0.774. The second kappa shape index (κ2) is 8.89. The van der Waals surface area contributed by atoms with Crippen molar-refractivity contribution in [3.63, 3.8) is 0 Å². The maximum absolute atomic E-state index is 11.7. The Morgan fingerprint density at radius 1 is 1.23 bits per heavy atom. The number of carboxylic acids is 1. The maximum atomic E-state index is 11.7. The molecule has 8 heteroatoms. The van der Waals surface area contributed by atoms with Gasteiger partial charge in [0.25, 0.3) is 0 Å². The molecule has 22 heavy (non-hydrogen) atoms. The van der Waals surface area contributed by atoms with Crippen LogP contribution < -0.4 is 10.6 Å². The molecule has 0 saturated heterocycles. The molecule has 0 saturated carbocycles. The number of hydrogen-bond donors (Lipinski definition) is 3. The van der Waals surface area contributed by atoms with Crippen LogP contribution in [-0.4, -0.2) is 41.0 Å². The highest BCUT2D eigenvalue weighted by Crippen LogP contribution is 2.01. The van der Waals surface area contributed by atoms with Gasteiger partial charge in [0.2, 0.25) is 5.91 Å². The van der Waals surface area contributed by atoms with E-state index in [0.717, 1.165) is 5.56 Å². The summed E-state index contributed by atoms with van der Waals surface area (Å²) in [7, 11) is 0. The molecule has 120 valence electrons. The Labute approximate surface area is 132 Å². The van der Waals surface area contributed by atoms with Crippen molar-refractivity contribution in [3.8, 4) is 0 Å². The number of alkyl carbamates (subject to hydrolysis) is 1. The van der Waals surface area contributed by atoms with Crippen molar-refractivity contribution in [2.45, 2.75) is 25.6 Å². The standard InChI is InChI=1S/C14H17ClN2O5/c1-9(12(18)17-11(7-15)13(19)20)16-14(21)22-8-10-5-3-2-4-6-10/h2-6,9,11H,7-8H2,1H3,(H,16,21)(H,17,18)(H,19,20)/t9-,11+/m0/s1. The molecule has 0 unspecified atom stereocenters. The summed E-state index contributed by atoms with van der Waals surface area (Å²) < 4.78 is 4.96. The normalized spacial score (nSPS) is 12.8. The number of benzene rings is 1. The molecule has 2 atom stereocenters. The minimum Gasteiger partial charge on any atom is -0.480 e. The molecule has 7 nitrogen and oxygen atoms in total. The molecule has 1 aromatic rings. The van der Waals surface area contributed by atoms with Gasteiger partial charge in [0.1, 0.15) is 18.7 Å². The monoisotopic (exact) mass is 328 g/mol. The number of nitrogens with one attached hydrogen (secondary N) is 2. The first-order chi connectivity index (χ1) is 10.4. The van der Waals surface area contributed by atoms with Crippen LogP contribution in [0, 0.1) is 0 Å². The van der Waals surface area contributed by atoms with Crippen LogP contribution in [0.3, 0.4) is 0 Å². The summed E-state index contributed by atoms with van der Waals surface area (Å²) in [4.78, 5) is 34.0. The number of rotatable bonds is 7. The summed E-state index contributed by atoms with van der Waals surface area (Å²) in [5, 5.41) is 13.3. The number of alkyl halides is 1. The average molecular weight is 329 g/mol. The van der Waals surface area contributed by atoms with Crippen molar-refractivity contribution >= 4 is 29.6 Å². The van der Waals surface area contributed by atoms with Gasteiger partial charge in [-0.1, -0.05) is 30.3 Å². The van der Waals surface area contributed by atoms with Crippen LogP contribution in [0.2, 0.25) is 0 Å². The molecule has 0 aromatic heterocycles. The van der Waals surface area contributed by atoms with Crippen molar-refractivity contribution < 1.29 is 24.2 Å². The zero-order valence-corrected chi connectivity index (χ0v) is 12.7. The quantitative estimate of drug-likeness (QED) is 0.650. The number of amides is 2. The smallest absolute Gasteiger partial charge is 0.408 e. The van der Waals surface area contributed by atoms with Crippen molar-refractivity contribution in [1.29, 1.82) is 0 Å². The van der Waals surface area contributed by atoms with E-state index in [-0.39, 0.29) is 12.5 Å². The average Bonchev–Trinajstić information content (AvgIpc) is 2.50. The third-order valence-corrected chi connectivity index (χ3v) is 3.02. The van der Waals surface area contributed by atoms with E-state index in [2.05, 4.69) is 10.6 Å². The zero-order chi connectivity index (χ0) is 16.5. The number of carboxylic acid groups (broad SMARTS) is 1. The van der Waals surface area contributed by atoms with E-state index in [1.807, 2.05) is 18.2 Å². The first-order valence-electron chi connectivity index (χ1n) is 6.50. The Morgan fingerprint density at radius 3 is 2.41 bits per heavy atom. The zero-order valence-electron chi connectivity index (χ0n) is 11.9. The van der Waals surface area contributed by atoms with Gasteiger partial charge in [-0.05, 0) is 12.5 Å². The van der Waals surface area contributed by atoms with E-state index in [4.69, 9.17) is 21.4 Å². The summed E-state index contributed by atoms with van der Waals surface area (Å²) in [5.74, 6) is -2.18. The molecule has 0 bridgehead atoms. The number of carbonyl (C=O) groups excluding carboxylic acids is 2. The molecule has 0 aliphatic heterocycles. The number of halogens is 1. The van der Waals surface area contributed by atoms with Crippen LogP contribution in [0.15, 0.2) is 30.3 Å². The van der Waals surface area contributed by atoms with Crippen LogP contribution in [0.4, 0.5) is 4.79 Å². The summed E-state index contributed by atoms with van der Waals surface area (Å²) >= 11 is 5.43. The summed E-state index contributed by atoms with van der Waals surface area (Å²) in [5.41, 5.74) is 0.808. The van der Waals surface area contributed by atoms with E-state index in [1.54, 1.807) is 12.1 Å². The van der Waals surface area contributed by atoms with E-state index in [1.165, 1.54) is 6.92 Å². The molecule has 1 aromatic carbocycles. The molecule has 0 aliphatic rings. The highest BCUT2D eigenvalue weighted by molar-refractivity contribution is 6.19. The van der Waals surface area contributed by atoms with Gasteiger partial charge >= 0.3 is 12.1 Å². The van der Waals surface area contributed by atoms with Crippen molar-refractivity contribution in [2.75, 3.05) is 5.88 Å². The Kier molecular flexibility index (Phi) is 7.18. The molecular formula is C14H17ClN2O5. The number of carbonyl (C=O) groups is 3. The number of aliphatic carboxylic acids is 1. The first kappa shape index (κ1) is 17.8. The molecule has 3 N–H and O–H groups in total. The van der Waals surface area contributed by atoms with Crippen molar-refractivity contribution in [3.05, 3.63) is 35.9 Å². The van der Waals surface area contributed by atoms with Crippen LogP contribution in [0.1, 0.15) is 12.5 Å². The third kappa shape index (κ3) is 6.01. The minimum absolute atomic E-state index is 0.0699.